The van der Waals surface area contributed by atoms with Crippen molar-refractivity contribution in [1.29, 1.82) is 0 Å². The van der Waals surface area contributed by atoms with Gasteiger partial charge in [0.2, 0.25) is 0 Å². The summed E-state index contributed by atoms with van der Waals surface area (Å²) in [5.74, 6) is 0.741. The molecule has 7 nitrogen and oxygen atoms in total. The number of carbonyl (C=O) groups excluding carboxylic acids is 1. The standard InChI is InChI=1S/C26H26FN5O2/c1-32(16-6-7-20-17-23(31-30-20)18-11-13-19(27)14-12-18)26(33)21-8-5-15-28-25(21)29-22-9-3-4-10-24(22)34-2/h3-5,8-15,17H,6-7,16H2,1-2H3,(H,28,29)(H,30,31). The number of methoxy groups -OCH3 is 1. The van der Waals surface area contributed by atoms with E-state index in [0.29, 0.717) is 23.7 Å². The summed E-state index contributed by atoms with van der Waals surface area (Å²) in [6.45, 7) is 0.562. The Bertz CT molecular complexity index is 1260. The Morgan fingerprint density at radius 2 is 1.91 bits per heavy atom. The lowest BCUT2D eigenvalue weighted by Crippen LogP contribution is -2.28. The fourth-order valence-electron chi connectivity index (χ4n) is 3.63. The molecule has 4 rings (SSSR count). The van der Waals surface area contributed by atoms with E-state index in [-0.39, 0.29) is 11.7 Å². The van der Waals surface area contributed by atoms with Crippen LogP contribution in [-0.2, 0) is 6.42 Å². The Hall–Kier alpha value is -4.20. The number of halogens is 1. The highest BCUT2D eigenvalue weighted by Crippen LogP contribution is 2.28. The number of nitrogens with zero attached hydrogens (tertiary/aromatic N) is 3. The summed E-state index contributed by atoms with van der Waals surface area (Å²) < 4.78 is 18.5. The number of aromatic amines is 1. The molecule has 2 aromatic heterocycles. The van der Waals surface area contributed by atoms with Crippen molar-refractivity contribution in [2.75, 3.05) is 26.0 Å². The second kappa shape index (κ2) is 10.6. The predicted octanol–water partition coefficient (Wildman–Crippen LogP) is 5.07. The molecule has 8 heteroatoms. The van der Waals surface area contributed by atoms with E-state index < -0.39 is 0 Å². The van der Waals surface area contributed by atoms with Gasteiger partial charge in [-0.15, -0.1) is 0 Å². The van der Waals surface area contributed by atoms with E-state index in [1.165, 1.54) is 12.1 Å². The number of para-hydroxylation sites is 2. The summed E-state index contributed by atoms with van der Waals surface area (Å²) in [4.78, 5) is 19.2. The van der Waals surface area contributed by atoms with Crippen LogP contribution in [0.15, 0.2) is 72.9 Å². The number of amides is 1. The SMILES string of the molecule is COc1ccccc1Nc1ncccc1C(=O)N(C)CCCc1cc(-c2ccc(F)cc2)n[nH]1. The van der Waals surface area contributed by atoms with Crippen LogP contribution in [0.25, 0.3) is 11.3 Å². The lowest BCUT2D eigenvalue weighted by Gasteiger charge is -2.19. The van der Waals surface area contributed by atoms with Crippen LogP contribution in [0.4, 0.5) is 15.9 Å². The molecule has 0 saturated heterocycles. The summed E-state index contributed by atoms with van der Waals surface area (Å²) in [7, 11) is 3.38. The number of hydrogen-bond acceptors (Lipinski definition) is 5. The Morgan fingerprint density at radius 1 is 1.12 bits per heavy atom. The largest absolute Gasteiger partial charge is 0.495 e. The number of anilines is 2. The molecule has 0 aliphatic heterocycles. The highest BCUT2D eigenvalue weighted by molar-refractivity contribution is 5.99. The van der Waals surface area contributed by atoms with E-state index in [1.54, 1.807) is 49.5 Å². The van der Waals surface area contributed by atoms with Crippen molar-refractivity contribution in [3.8, 4) is 17.0 Å². The van der Waals surface area contributed by atoms with Crippen LogP contribution in [0, 0.1) is 5.82 Å². The zero-order valence-electron chi connectivity index (χ0n) is 19.1. The average molecular weight is 460 g/mol. The number of rotatable bonds is 9. The highest BCUT2D eigenvalue weighted by atomic mass is 19.1. The number of aryl methyl sites for hydroxylation is 1. The third-order valence-electron chi connectivity index (χ3n) is 5.46. The minimum atomic E-state index is -0.276. The van der Waals surface area contributed by atoms with Gasteiger partial charge in [0, 0.05) is 31.0 Å². The normalized spacial score (nSPS) is 10.7. The Balaban J connectivity index is 1.37. The molecule has 0 aliphatic rings. The van der Waals surface area contributed by atoms with Gasteiger partial charge in [0.1, 0.15) is 17.4 Å². The van der Waals surface area contributed by atoms with E-state index in [0.717, 1.165) is 35.5 Å². The monoisotopic (exact) mass is 459 g/mol. The lowest BCUT2D eigenvalue weighted by molar-refractivity contribution is 0.0794. The third-order valence-corrected chi connectivity index (χ3v) is 5.46. The van der Waals surface area contributed by atoms with Gasteiger partial charge in [0.15, 0.2) is 0 Å². The van der Waals surface area contributed by atoms with Crippen LogP contribution in [0.3, 0.4) is 0 Å². The molecule has 2 N–H and O–H groups in total. The molecule has 0 saturated carbocycles. The molecule has 4 aromatic rings. The molecular formula is C26H26FN5O2. The lowest BCUT2D eigenvalue weighted by atomic mass is 10.1. The fraction of sp³-hybridized carbons (Fsp3) is 0.192. The van der Waals surface area contributed by atoms with Gasteiger partial charge in [0.25, 0.3) is 5.91 Å². The van der Waals surface area contributed by atoms with Crippen LogP contribution in [0.5, 0.6) is 5.75 Å². The zero-order chi connectivity index (χ0) is 23.9. The highest BCUT2D eigenvalue weighted by Gasteiger charge is 2.17. The second-order valence-electron chi connectivity index (χ2n) is 7.84. The van der Waals surface area contributed by atoms with Crippen LogP contribution in [-0.4, -0.2) is 46.7 Å². The third kappa shape index (κ3) is 5.40. The van der Waals surface area contributed by atoms with Crippen molar-refractivity contribution in [3.63, 3.8) is 0 Å². The van der Waals surface area contributed by atoms with Gasteiger partial charge in [-0.3, -0.25) is 9.89 Å². The maximum Gasteiger partial charge on any atom is 0.257 e. The second-order valence-corrected chi connectivity index (χ2v) is 7.84. The zero-order valence-corrected chi connectivity index (χ0v) is 19.1. The maximum absolute atomic E-state index is 13.1. The molecule has 0 bridgehead atoms. The van der Waals surface area contributed by atoms with E-state index in [9.17, 15) is 9.18 Å². The first-order chi connectivity index (χ1) is 16.5. The number of pyridine rings is 1. The van der Waals surface area contributed by atoms with Crippen LogP contribution >= 0.6 is 0 Å². The summed E-state index contributed by atoms with van der Waals surface area (Å²) in [6.07, 6.45) is 3.12. The Kier molecular flexibility index (Phi) is 7.17. The van der Waals surface area contributed by atoms with Gasteiger partial charge in [0.05, 0.1) is 24.1 Å². The van der Waals surface area contributed by atoms with Crippen molar-refractivity contribution in [2.24, 2.45) is 0 Å². The number of carbonyl (C=O) groups is 1. The first-order valence-electron chi connectivity index (χ1n) is 11.0. The van der Waals surface area contributed by atoms with Crippen LogP contribution < -0.4 is 10.1 Å². The molecule has 0 unspecified atom stereocenters. The summed E-state index contributed by atoms with van der Waals surface area (Å²) in [5, 5.41) is 10.5. The van der Waals surface area contributed by atoms with Crippen molar-refractivity contribution < 1.29 is 13.9 Å². The summed E-state index contributed by atoms with van der Waals surface area (Å²) in [5.41, 5.74) is 3.79. The number of H-pyrrole nitrogens is 1. The number of ether oxygens (including phenoxy) is 1. The predicted molar refractivity (Wildman–Crippen MR) is 130 cm³/mol. The molecular weight excluding hydrogens is 433 g/mol. The molecule has 0 aliphatic carbocycles. The van der Waals surface area contributed by atoms with Gasteiger partial charge < -0.3 is 15.0 Å². The van der Waals surface area contributed by atoms with Gasteiger partial charge in [-0.2, -0.15) is 5.10 Å². The molecule has 0 fully saturated rings. The number of nitrogens with one attached hydrogen (secondary N) is 2. The van der Waals surface area contributed by atoms with Crippen LogP contribution in [0.1, 0.15) is 22.5 Å². The van der Waals surface area contributed by atoms with Gasteiger partial charge in [-0.05, 0) is 67.4 Å². The van der Waals surface area contributed by atoms with E-state index in [1.807, 2.05) is 30.3 Å². The molecule has 34 heavy (non-hydrogen) atoms. The van der Waals surface area contributed by atoms with E-state index >= 15 is 0 Å². The number of aromatic nitrogens is 3. The first kappa shape index (κ1) is 23.0. The fourth-order valence-corrected chi connectivity index (χ4v) is 3.63. The molecule has 174 valence electrons. The Labute approximate surface area is 197 Å². The first-order valence-corrected chi connectivity index (χ1v) is 11.0. The van der Waals surface area contributed by atoms with Crippen molar-refractivity contribution in [1.82, 2.24) is 20.1 Å². The molecule has 2 heterocycles. The van der Waals surface area contributed by atoms with Gasteiger partial charge >= 0.3 is 0 Å². The molecule has 1 amide bonds. The number of benzene rings is 2. The minimum absolute atomic E-state index is 0.123. The molecule has 0 atom stereocenters. The minimum Gasteiger partial charge on any atom is -0.495 e. The topological polar surface area (TPSA) is 83.1 Å². The smallest absolute Gasteiger partial charge is 0.257 e. The van der Waals surface area contributed by atoms with Gasteiger partial charge in [-0.1, -0.05) is 12.1 Å². The van der Waals surface area contributed by atoms with Crippen molar-refractivity contribution in [3.05, 3.63) is 90.0 Å². The average Bonchev–Trinajstić information content (AvgIpc) is 3.33. The molecule has 2 aromatic carbocycles. The summed E-state index contributed by atoms with van der Waals surface area (Å²) >= 11 is 0. The molecule has 0 radical (unpaired) electrons. The quantitative estimate of drug-likeness (QED) is 0.365. The maximum atomic E-state index is 13.1. The Morgan fingerprint density at radius 3 is 2.71 bits per heavy atom. The van der Waals surface area contributed by atoms with E-state index in [4.69, 9.17) is 4.74 Å². The van der Waals surface area contributed by atoms with Crippen molar-refractivity contribution >= 4 is 17.4 Å². The summed E-state index contributed by atoms with van der Waals surface area (Å²) in [6, 6.07) is 19.2. The molecule has 0 spiro atoms. The van der Waals surface area contributed by atoms with Crippen molar-refractivity contribution in [2.45, 2.75) is 12.8 Å². The van der Waals surface area contributed by atoms with Gasteiger partial charge in [-0.25, -0.2) is 9.37 Å². The number of hydrogen-bond donors (Lipinski definition) is 2. The van der Waals surface area contributed by atoms with Crippen LogP contribution in [0.2, 0.25) is 0 Å². The van der Waals surface area contributed by atoms with E-state index in [2.05, 4.69) is 20.5 Å².